The van der Waals surface area contributed by atoms with Gasteiger partial charge in [0, 0.05) is 30.4 Å². The summed E-state index contributed by atoms with van der Waals surface area (Å²) in [4.78, 5) is 2.57. The second-order valence-corrected chi connectivity index (χ2v) is 6.41. The minimum Gasteiger partial charge on any atom is -0.497 e. The van der Waals surface area contributed by atoms with Crippen molar-refractivity contribution in [2.24, 2.45) is 0 Å². The summed E-state index contributed by atoms with van der Waals surface area (Å²) < 4.78 is 5.22. The second-order valence-electron chi connectivity index (χ2n) is 6.00. The fraction of sp³-hybridized carbons (Fsp3) is 0.588. The fourth-order valence-electron chi connectivity index (χ4n) is 3.01. The molecule has 1 aromatic rings. The Morgan fingerprint density at radius 3 is 3.00 bits per heavy atom. The summed E-state index contributed by atoms with van der Waals surface area (Å²) in [5.41, 5.74) is 0.941. The van der Waals surface area contributed by atoms with E-state index in [1.165, 1.54) is 25.8 Å². The van der Waals surface area contributed by atoms with Crippen molar-refractivity contribution in [3.05, 3.63) is 24.3 Å². The zero-order valence-corrected chi connectivity index (χ0v) is 14.6. The van der Waals surface area contributed by atoms with Crippen molar-refractivity contribution in [3.8, 4) is 5.75 Å². The van der Waals surface area contributed by atoms with Crippen molar-refractivity contribution in [1.82, 2.24) is 10.2 Å². The average molecular weight is 321 g/mol. The van der Waals surface area contributed by atoms with E-state index in [-0.39, 0.29) is 0 Å². The molecule has 22 heavy (non-hydrogen) atoms. The normalized spacial score (nSPS) is 20.2. The zero-order valence-electron chi connectivity index (χ0n) is 13.8. The third-order valence-corrected chi connectivity index (χ3v) is 4.55. The summed E-state index contributed by atoms with van der Waals surface area (Å²) >= 11 is 5.38. The Balaban J connectivity index is 1.79. The van der Waals surface area contributed by atoms with E-state index in [0.29, 0.717) is 17.2 Å². The monoisotopic (exact) mass is 321 g/mol. The molecule has 0 saturated carbocycles. The van der Waals surface area contributed by atoms with Crippen molar-refractivity contribution >= 4 is 23.0 Å². The van der Waals surface area contributed by atoms with E-state index >= 15 is 0 Å². The second kappa shape index (κ2) is 8.34. The third-order valence-electron chi connectivity index (χ3n) is 4.31. The molecular weight excluding hydrogens is 294 g/mol. The molecule has 0 spiro atoms. The first-order chi connectivity index (χ1) is 10.6. The fourth-order valence-corrected chi connectivity index (χ4v) is 3.21. The highest BCUT2D eigenvalue weighted by Crippen LogP contribution is 2.19. The Hall–Kier alpha value is -1.33. The summed E-state index contributed by atoms with van der Waals surface area (Å²) in [5.74, 6) is 0.823. The quantitative estimate of drug-likeness (QED) is 0.814. The predicted octanol–water partition coefficient (Wildman–Crippen LogP) is 3.24. The lowest BCUT2D eigenvalue weighted by atomic mass is 10.0. The summed E-state index contributed by atoms with van der Waals surface area (Å²) in [7, 11) is 1.66. The Kier molecular flexibility index (Phi) is 6.46. The SMILES string of the molecule is COc1cccc(NC(=S)NC[C@@H](C)N2CCCC[C@@H]2C)c1. The predicted molar refractivity (Wildman–Crippen MR) is 96.7 cm³/mol. The van der Waals surface area contributed by atoms with E-state index < -0.39 is 0 Å². The van der Waals surface area contributed by atoms with Crippen LogP contribution in [0.5, 0.6) is 5.75 Å². The number of nitrogens with one attached hydrogen (secondary N) is 2. The first kappa shape index (κ1) is 17.0. The number of methoxy groups -OCH3 is 1. The smallest absolute Gasteiger partial charge is 0.170 e. The number of ether oxygens (including phenoxy) is 1. The highest BCUT2D eigenvalue weighted by Gasteiger charge is 2.22. The van der Waals surface area contributed by atoms with Crippen LogP contribution >= 0.6 is 12.2 Å². The molecule has 1 aromatic carbocycles. The van der Waals surface area contributed by atoms with Gasteiger partial charge in [0.15, 0.2) is 5.11 Å². The van der Waals surface area contributed by atoms with Gasteiger partial charge in [0.1, 0.15) is 5.75 Å². The molecule has 2 N–H and O–H groups in total. The summed E-state index contributed by atoms with van der Waals surface area (Å²) in [6, 6.07) is 8.94. The summed E-state index contributed by atoms with van der Waals surface area (Å²) in [6.07, 6.45) is 3.96. The molecule has 0 amide bonds. The standard InChI is InChI=1S/C17H27N3OS/c1-13-7-4-5-10-20(13)14(2)12-18-17(22)19-15-8-6-9-16(11-15)21-3/h6,8-9,11,13-14H,4-5,7,10,12H2,1-3H3,(H2,18,19,22)/t13-,14+/m0/s1. The molecule has 0 radical (unpaired) electrons. The first-order valence-corrected chi connectivity index (χ1v) is 8.45. The summed E-state index contributed by atoms with van der Waals surface area (Å²) in [6.45, 7) is 6.64. The van der Waals surface area contributed by atoms with Crippen LogP contribution in [0.1, 0.15) is 33.1 Å². The Labute approximate surface area is 139 Å². The van der Waals surface area contributed by atoms with Crippen LogP contribution in [-0.4, -0.2) is 42.3 Å². The molecule has 1 aliphatic heterocycles. The zero-order chi connectivity index (χ0) is 15.9. The lowest BCUT2D eigenvalue weighted by Gasteiger charge is -2.38. The minimum absolute atomic E-state index is 0.486. The lowest BCUT2D eigenvalue weighted by molar-refractivity contribution is 0.116. The highest BCUT2D eigenvalue weighted by molar-refractivity contribution is 7.80. The molecule has 0 unspecified atom stereocenters. The molecule has 0 bridgehead atoms. The minimum atomic E-state index is 0.486. The molecule has 0 aliphatic carbocycles. The Morgan fingerprint density at radius 1 is 1.45 bits per heavy atom. The van der Waals surface area contributed by atoms with Gasteiger partial charge >= 0.3 is 0 Å². The number of thiocarbonyl (C=S) groups is 1. The van der Waals surface area contributed by atoms with Crippen molar-refractivity contribution < 1.29 is 4.74 Å². The topological polar surface area (TPSA) is 36.5 Å². The van der Waals surface area contributed by atoms with Crippen molar-refractivity contribution in [1.29, 1.82) is 0 Å². The maximum Gasteiger partial charge on any atom is 0.170 e. The largest absolute Gasteiger partial charge is 0.497 e. The van der Waals surface area contributed by atoms with Gasteiger partial charge in [0.05, 0.1) is 7.11 Å². The number of rotatable bonds is 5. The molecule has 5 heteroatoms. The van der Waals surface area contributed by atoms with Gasteiger partial charge in [-0.2, -0.15) is 0 Å². The molecular formula is C17H27N3OS. The van der Waals surface area contributed by atoms with E-state index in [0.717, 1.165) is 18.0 Å². The van der Waals surface area contributed by atoms with Gasteiger partial charge in [0.25, 0.3) is 0 Å². The number of hydrogen-bond acceptors (Lipinski definition) is 3. The van der Waals surface area contributed by atoms with E-state index in [2.05, 4.69) is 29.4 Å². The molecule has 1 heterocycles. The maximum atomic E-state index is 5.38. The van der Waals surface area contributed by atoms with Gasteiger partial charge in [-0.25, -0.2) is 0 Å². The van der Waals surface area contributed by atoms with E-state index in [1.807, 2.05) is 24.3 Å². The molecule has 0 aromatic heterocycles. The molecule has 4 nitrogen and oxygen atoms in total. The molecule has 1 saturated heterocycles. The van der Waals surface area contributed by atoms with Crippen molar-refractivity contribution in [3.63, 3.8) is 0 Å². The van der Waals surface area contributed by atoms with Crippen LogP contribution < -0.4 is 15.4 Å². The highest BCUT2D eigenvalue weighted by atomic mass is 32.1. The average Bonchev–Trinajstić information content (AvgIpc) is 2.53. The van der Waals surface area contributed by atoms with Gasteiger partial charge in [-0.3, -0.25) is 4.90 Å². The van der Waals surface area contributed by atoms with Crippen LogP contribution in [0.15, 0.2) is 24.3 Å². The number of piperidine rings is 1. The van der Waals surface area contributed by atoms with Gasteiger partial charge in [-0.1, -0.05) is 12.5 Å². The first-order valence-electron chi connectivity index (χ1n) is 8.05. The third kappa shape index (κ3) is 4.85. The van der Waals surface area contributed by atoms with E-state index in [9.17, 15) is 0 Å². The van der Waals surface area contributed by atoms with Gasteiger partial charge in [0.2, 0.25) is 0 Å². The number of anilines is 1. The number of nitrogens with zero attached hydrogens (tertiary/aromatic N) is 1. The number of benzene rings is 1. The molecule has 1 aliphatic rings. The van der Waals surface area contributed by atoms with Gasteiger partial charge in [-0.15, -0.1) is 0 Å². The van der Waals surface area contributed by atoms with Crippen LogP contribution in [0.3, 0.4) is 0 Å². The van der Waals surface area contributed by atoms with Crippen molar-refractivity contribution in [2.75, 3.05) is 25.5 Å². The van der Waals surface area contributed by atoms with Crippen LogP contribution in [-0.2, 0) is 0 Å². The van der Waals surface area contributed by atoms with Crippen LogP contribution in [0.2, 0.25) is 0 Å². The Bertz CT molecular complexity index is 495. The van der Waals surface area contributed by atoms with Gasteiger partial charge in [-0.05, 0) is 57.6 Å². The molecule has 2 rings (SSSR count). The van der Waals surface area contributed by atoms with Crippen LogP contribution in [0, 0.1) is 0 Å². The molecule has 2 atom stereocenters. The number of likely N-dealkylation sites (tertiary alicyclic amines) is 1. The Morgan fingerprint density at radius 2 is 2.27 bits per heavy atom. The lowest BCUT2D eigenvalue weighted by Crippen LogP contribution is -2.48. The van der Waals surface area contributed by atoms with Crippen LogP contribution in [0.4, 0.5) is 5.69 Å². The molecule has 1 fully saturated rings. The van der Waals surface area contributed by atoms with Crippen molar-refractivity contribution in [2.45, 2.75) is 45.2 Å². The van der Waals surface area contributed by atoms with Gasteiger partial charge < -0.3 is 15.4 Å². The molecule has 122 valence electrons. The number of hydrogen-bond donors (Lipinski definition) is 2. The van der Waals surface area contributed by atoms with Crippen LogP contribution in [0.25, 0.3) is 0 Å². The van der Waals surface area contributed by atoms with E-state index in [1.54, 1.807) is 7.11 Å². The summed E-state index contributed by atoms with van der Waals surface area (Å²) in [5, 5.41) is 7.19. The maximum absolute atomic E-state index is 5.38. The van der Waals surface area contributed by atoms with E-state index in [4.69, 9.17) is 17.0 Å².